The van der Waals surface area contributed by atoms with Crippen molar-refractivity contribution >= 4 is 33.2 Å². The fraction of sp³-hybridized carbons (Fsp3) is 0.360. The first kappa shape index (κ1) is 22.2. The minimum absolute atomic E-state index is 0.0191. The van der Waals surface area contributed by atoms with Crippen LogP contribution in [-0.2, 0) is 27.5 Å². The van der Waals surface area contributed by atoms with E-state index in [0.29, 0.717) is 6.42 Å². The summed E-state index contributed by atoms with van der Waals surface area (Å²) in [6, 6.07) is 19.2. The second kappa shape index (κ2) is 9.35. The molecule has 3 aromatic rings. The van der Waals surface area contributed by atoms with E-state index >= 15 is 0 Å². The first-order chi connectivity index (χ1) is 16.0. The molecule has 8 heteroatoms. The van der Waals surface area contributed by atoms with Crippen molar-refractivity contribution in [2.45, 2.75) is 43.3 Å². The van der Waals surface area contributed by atoms with Crippen LogP contribution in [0.25, 0.3) is 5.69 Å². The summed E-state index contributed by atoms with van der Waals surface area (Å²) in [5, 5.41) is 0.827. The summed E-state index contributed by atoms with van der Waals surface area (Å²) in [6.07, 6.45) is 4.71. The molecule has 1 aliphatic heterocycles. The predicted molar refractivity (Wildman–Crippen MR) is 132 cm³/mol. The van der Waals surface area contributed by atoms with E-state index < -0.39 is 9.84 Å². The maximum absolute atomic E-state index is 13.5. The molecule has 0 radical (unpaired) electrons. The number of anilines is 1. The van der Waals surface area contributed by atoms with E-state index in [1.807, 2.05) is 48.5 Å². The summed E-state index contributed by atoms with van der Waals surface area (Å²) in [6.45, 7) is 0. The van der Waals surface area contributed by atoms with Crippen LogP contribution in [-0.4, -0.2) is 47.2 Å². The van der Waals surface area contributed by atoms with E-state index in [9.17, 15) is 13.2 Å². The highest BCUT2D eigenvalue weighted by Crippen LogP contribution is 2.32. The largest absolute Gasteiger partial charge is 0.308 e. The third-order valence-electron chi connectivity index (χ3n) is 6.32. The van der Waals surface area contributed by atoms with Gasteiger partial charge in [0.15, 0.2) is 15.0 Å². The van der Waals surface area contributed by atoms with E-state index in [2.05, 4.69) is 16.7 Å². The molecule has 2 heterocycles. The Kier molecular flexibility index (Phi) is 6.29. The highest BCUT2D eigenvalue weighted by Gasteiger charge is 2.35. The van der Waals surface area contributed by atoms with Crippen molar-refractivity contribution in [2.24, 2.45) is 0 Å². The number of aryl methyl sites for hydroxylation is 1. The average Bonchev–Trinajstić information content (AvgIpc) is 3.38. The lowest BCUT2D eigenvalue weighted by Gasteiger charge is -2.28. The van der Waals surface area contributed by atoms with Gasteiger partial charge in [-0.1, -0.05) is 48.2 Å². The Morgan fingerprint density at radius 2 is 1.73 bits per heavy atom. The quantitative estimate of drug-likeness (QED) is 0.497. The number of hydrogen-bond donors (Lipinski definition) is 0. The Labute approximate surface area is 198 Å². The molecule has 33 heavy (non-hydrogen) atoms. The normalized spacial score (nSPS) is 19.2. The van der Waals surface area contributed by atoms with Crippen molar-refractivity contribution in [2.75, 3.05) is 22.2 Å². The molecule has 0 bridgehead atoms. The lowest BCUT2D eigenvalue weighted by Crippen LogP contribution is -2.42. The van der Waals surface area contributed by atoms with Crippen LogP contribution in [0.1, 0.15) is 30.7 Å². The molecule has 5 rings (SSSR count). The minimum atomic E-state index is -3.11. The van der Waals surface area contributed by atoms with E-state index in [-0.39, 0.29) is 29.2 Å². The number of carbonyl (C=O) groups is 1. The summed E-state index contributed by atoms with van der Waals surface area (Å²) in [7, 11) is -3.11. The van der Waals surface area contributed by atoms with Crippen LogP contribution in [0.3, 0.4) is 0 Å². The van der Waals surface area contributed by atoms with E-state index in [1.165, 1.54) is 17.5 Å². The zero-order valence-corrected chi connectivity index (χ0v) is 20.0. The lowest BCUT2D eigenvalue weighted by molar-refractivity contribution is -0.116. The van der Waals surface area contributed by atoms with Gasteiger partial charge in [0, 0.05) is 17.1 Å². The molecule has 1 aromatic heterocycles. The average molecular weight is 482 g/mol. The number of thioether (sulfide) groups is 1. The molecule has 1 amide bonds. The Morgan fingerprint density at radius 3 is 2.42 bits per heavy atom. The fourth-order valence-electron chi connectivity index (χ4n) is 4.78. The molecule has 172 valence electrons. The van der Waals surface area contributed by atoms with Gasteiger partial charge in [0.1, 0.15) is 0 Å². The van der Waals surface area contributed by atoms with E-state index in [0.717, 1.165) is 47.9 Å². The van der Waals surface area contributed by atoms with Crippen molar-refractivity contribution in [1.29, 1.82) is 0 Å². The molecule has 0 unspecified atom stereocenters. The Hall–Kier alpha value is -2.58. The third kappa shape index (κ3) is 4.73. The third-order valence-corrected chi connectivity index (χ3v) is 8.99. The van der Waals surface area contributed by atoms with Gasteiger partial charge in [-0.05, 0) is 56.4 Å². The molecular formula is C25H27N3O3S2. The van der Waals surface area contributed by atoms with Crippen molar-refractivity contribution in [3.63, 3.8) is 0 Å². The summed E-state index contributed by atoms with van der Waals surface area (Å²) >= 11 is 1.44. The minimum Gasteiger partial charge on any atom is -0.308 e. The van der Waals surface area contributed by atoms with Crippen LogP contribution in [0.15, 0.2) is 65.8 Å². The number of benzene rings is 2. The van der Waals surface area contributed by atoms with Crippen molar-refractivity contribution in [3.05, 3.63) is 72.1 Å². The van der Waals surface area contributed by atoms with Gasteiger partial charge in [0.05, 0.1) is 29.0 Å². The number of para-hydroxylation sites is 2. The maximum atomic E-state index is 13.5. The highest BCUT2D eigenvalue weighted by molar-refractivity contribution is 7.99. The second-order valence-corrected chi connectivity index (χ2v) is 11.8. The topological polar surface area (TPSA) is 72.3 Å². The number of carbonyl (C=O) groups excluding carboxylic acids is 1. The number of sulfone groups is 1. The lowest BCUT2D eigenvalue weighted by atomic mass is 10.0. The Balaban J connectivity index is 1.42. The summed E-state index contributed by atoms with van der Waals surface area (Å²) < 4.78 is 26.5. The molecule has 1 atom stereocenters. The summed E-state index contributed by atoms with van der Waals surface area (Å²) in [5.41, 5.74) is 4.17. The van der Waals surface area contributed by atoms with E-state index in [4.69, 9.17) is 4.98 Å². The van der Waals surface area contributed by atoms with Crippen molar-refractivity contribution in [1.82, 2.24) is 9.55 Å². The Bertz CT molecular complexity index is 1240. The Morgan fingerprint density at radius 1 is 1.03 bits per heavy atom. The van der Waals surface area contributed by atoms with Crippen LogP contribution in [0, 0.1) is 0 Å². The first-order valence-electron chi connectivity index (χ1n) is 11.4. The van der Waals surface area contributed by atoms with E-state index in [1.54, 1.807) is 4.90 Å². The summed E-state index contributed by atoms with van der Waals surface area (Å²) in [4.78, 5) is 20.1. The van der Waals surface area contributed by atoms with Gasteiger partial charge in [0.25, 0.3) is 0 Å². The molecule has 6 nitrogen and oxygen atoms in total. The number of imidazole rings is 1. The zero-order valence-electron chi connectivity index (χ0n) is 18.4. The SMILES string of the molecule is O=C(CSc1nc2c(n1-c1ccccc1)CCCC2)N(c1ccccc1)[C@H]1CCS(=O)(=O)C1. The number of fused-ring (bicyclic) bond motifs is 1. The standard InChI is InChI=1S/C25H27N3O3S2/c29-24(27(19-9-3-1-4-10-19)21-15-16-33(30,31)18-21)17-32-25-26-22-13-7-8-14-23(22)28(25)20-11-5-2-6-12-20/h1-6,9-12,21H,7-8,13-18H2/t21-/m0/s1. The number of amides is 1. The molecule has 1 aliphatic carbocycles. The second-order valence-electron chi connectivity index (χ2n) is 8.61. The number of rotatable bonds is 6. The monoisotopic (exact) mass is 481 g/mol. The van der Waals surface area contributed by atoms with Crippen LogP contribution in [0.2, 0.25) is 0 Å². The zero-order chi connectivity index (χ0) is 22.8. The number of hydrogen-bond acceptors (Lipinski definition) is 5. The van der Waals surface area contributed by atoms with Gasteiger partial charge >= 0.3 is 0 Å². The van der Waals surface area contributed by atoms with Crippen molar-refractivity contribution in [3.8, 4) is 5.69 Å². The van der Waals surface area contributed by atoms with Gasteiger partial charge < -0.3 is 4.90 Å². The van der Waals surface area contributed by atoms with Crippen LogP contribution in [0.5, 0.6) is 0 Å². The molecule has 2 aromatic carbocycles. The fourth-order valence-corrected chi connectivity index (χ4v) is 7.39. The van der Waals surface area contributed by atoms with Gasteiger partial charge in [-0.2, -0.15) is 0 Å². The molecule has 0 spiro atoms. The predicted octanol–water partition coefficient (Wildman–Crippen LogP) is 4.06. The molecule has 0 saturated carbocycles. The van der Waals surface area contributed by atoms with Crippen molar-refractivity contribution < 1.29 is 13.2 Å². The van der Waals surface area contributed by atoms with Gasteiger partial charge in [-0.15, -0.1) is 0 Å². The highest BCUT2D eigenvalue weighted by atomic mass is 32.2. The number of nitrogens with zero attached hydrogens (tertiary/aromatic N) is 3. The molecule has 0 N–H and O–H groups in total. The summed E-state index contributed by atoms with van der Waals surface area (Å²) in [5.74, 6) is 0.264. The molecule has 2 aliphatic rings. The maximum Gasteiger partial charge on any atom is 0.237 e. The molecule has 1 saturated heterocycles. The van der Waals surface area contributed by atoms with Gasteiger partial charge in [-0.25, -0.2) is 13.4 Å². The van der Waals surface area contributed by atoms with Crippen LogP contribution >= 0.6 is 11.8 Å². The van der Waals surface area contributed by atoms with Gasteiger partial charge in [0.2, 0.25) is 5.91 Å². The molecule has 1 fully saturated rings. The number of aromatic nitrogens is 2. The smallest absolute Gasteiger partial charge is 0.237 e. The first-order valence-corrected chi connectivity index (χ1v) is 14.2. The molecular weight excluding hydrogens is 454 g/mol. The van der Waals surface area contributed by atoms with Crippen LogP contribution in [0.4, 0.5) is 5.69 Å². The van der Waals surface area contributed by atoms with Gasteiger partial charge in [-0.3, -0.25) is 9.36 Å². The van der Waals surface area contributed by atoms with Crippen LogP contribution < -0.4 is 4.90 Å².